The van der Waals surface area contributed by atoms with E-state index >= 15 is 0 Å². The highest BCUT2D eigenvalue weighted by molar-refractivity contribution is 5.88. The number of rotatable bonds is 9. The van der Waals surface area contributed by atoms with E-state index in [0.717, 1.165) is 25.7 Å². The topological polar surface area (TPSA) is 128 Å². The normalized spacial score (nSPS) is 12.1. The second-order valence-corrected chi connectivity index (χ2v) is 7.17. The van der Waals surface area contributed by atoms with Crippen LogP contribution in [0.4, 0.5) is 11.4 Å². The van der Waals surface area contributed by atoms with Gasteiger partial charge in [0.15, 0.2) is 5.69 Å². The number of azo groups is 1. The first kappa shape index (κ1) is 22.8. The first-order valence-corrected chi connectivity index (χ1v) is 9.95. The fourth-order valence-corrected chi connectivity index (χ4v) is 3.21. The van der Waals surface area contributed by atoms with Crippen molar-refractivity contribution in [2.24, 2.45) is 16.1 Å². The summed E-state index contributed by atoms with van der Waals surface area (Å²) in [6.07, 6.45) is 3.79. The summed E-state index contributed by atoms with van der Waals surface area (Å²) >= 11 is 0. The molecule has 30 heavy (non-hydrogen) atoms. The summed E-state index contributed by atoms with van der Waals surface area (Å²) in [4.78, 5) is 23.9. The van der Waals surface area contributed by atoms with Crippen LogP contribution in [0.25, 0.3) is 0 Å². The zero-order valence-electron chi connectivity index (χ0n) is 17.4. The van der Waals surface area contributed by atoms with Crippen LogP contribution in [0.5, 0.6) is 5.88 Å². The first-order valence-electron chi connectivity index (χ1n) is 9.95. The van der Waals surface area contributed by atoms with Crippen molar-refractivity contribution in [2.45, 2.75) is 53.0 Å². The molecular formula is C22H26N4O4. The van der Waals surface area contributed by atoms with Crippen LogP contribution in [0, 0.1) is 24.2 Å². The van der Waals surface area contributed by atoms with Crippen molar-refractivity contribution >= 4 is 17.3 Å². The van der Waals surface area contributed by atoms with E-state index in [1.54, 1.807) is 6.07 Å². The Morgan fingerprint density at radius 2 is 2.03 bits per heavy atom. The van der Waals surface area contributed by atoms with Gasteiger partial charge in [-0.05, 0) is 37.5 Å². The van der Waals surface area contributed by atoms with Gasteiger partial charge in [0, 0.05) is 12.1 Å². The number of unbranched alkanes of at least 4 members (excludes halogenated alkanes) is 1. The maximum atomic E-state index is 12.8. The van der Waals surface area contributed by atoms with E-state index in [2.05, 4.69) is 17.2 Å². The lowest BCUT2D eigenvalue weighted by Gasteiger charge is -2.19. The predicted octanol–water partition coefficient (Wildman–Crippen LogP) is 5.06. The van der Waals surface area contributed by atoms with Gasteiger partial charge < -0.3 is 10.2 Å². The Morgan fingerprint density at radius 1 is 1.30 bits per heavy atom. The number of pyridine rings is 1. The SMILES string of the molecule is CCCCC(CC)Cn1c(O)c(/N=N/c2cccc(C(=O)O)c2)c(C)c(C#N)c1=O. The minimum atomic E-state index is -1.09. The van der Waals surface area contributed by atoms with E-state index in [0.29, 0.717) is 0 Å². The Morgan fingerprint density at radius 3 is 2.63 bits per heavy atom. The Hall–Kier alpha value is -3.47. The van der Waals surface area contributed by atoms with E-state index in [4.69, 9.17) is 5.11 Å². The molecule has 0 aliphatic carbocycles. The number of aromatic nitrogens is 1. The third-order valence-electron chi connectivity index (χ3n) is 5.11. The van der Waals surface area contributed by atoms with Crippen LogP contribution in [-0.4, -0.2) is 20.7 Å². The molecule has 0 saturated heterocycles. The van der Waals surface area contributed by atoms with Crippen molar-refractivity contribution in [3.63, 3.8) is 0 Å². The van der Waals surface area contributed by atoms with Gasteiger partial charge in [-0.2, -0.15) is 10.4 Å². The summed E-state index contributed by atoms with van der Waals surface area (Å²) in [6.45, 7) is 5.93. The molecule has 8 heteroatoms. The zero-order valence-corrected chi connectivity index (χ0v) is 17.4. The van der Waals surface area contributed by atoms with E-state index in [-0.39, 0.29) is 46.4 Å². The zero-order chi connectivity index (χ0) is 22.3. The quantitative estimate of drug-likeness (QED) is 0.558. The van der Waals surface area contributed by atoms with E-state index < -0.39 is 11.5 Å². The van der Waals surface area contributed by atoms with E-state index in [1.807, 2.05) is 13.0 Å². The van der Waals surface area contributed by atoms with Crippen LogP contribution in [-0.2, 0) is 6.54 Å². The highest BCUT2D eigenvalue weighted by Crippen LogP contribution is 2.33. The second kappa shape index (κ2) is 10.3. The minimum Gasteiger partial charge on any atom is -0.493 e. The van der Waals surface area contributed by atoms with Crippen LogP contribution in [0.3, 0.4) is 0 Å². The maximum absolute atomic E-state index is 12.8. The lowest BCUT2D eigenvalue weighted by Crippen LogP contribution is -2.27. The van der Waals surface area contributed by atoms with Crippen molar-refractivity contribution in [3.8, 4) is 11.9 Å². The fraction of sp³-hybridized carbons (Fsp3) is 0.409. The monoisotopic (exact) mass is 410 g/mol. The minimum absolute atomic E-state index is 0.0252. The summed E-state index contributed by atoms with van der Waals surface area (Å²) in [5.74, 6) is -1.26. The average molecular weight is 410 g/mol. The van der Waals surface area contributed by atoms with Gasteiger partial charge in [0.1, 0.15) is 11.6 Å². The summed E-state index contributed by atoms with van der Waals surface area (Å²) in [5.41, 5.74) is -0.0509. The van der Waals surface area contributed by atoms with Crippen LogP contribution in [0.15, 0.2) is 39.3 Å². The van der Waals surface area contributed by atoms with Gasteiger partial charge in [-0.15, -0.1) is 5.11 Å². The molecule has 0 fully saturated rings. The molecule has 0 aliphatic rings. The summed E-state index contributed by atoms with van der Waals surface area (Å²) in [6, 6.07) is 7.78. The second-order valence-electron chi connectivity index (χ2n) is 7.17. The summed E-state index contributed by atoms with van der Waals surface area (Å²) in [7, 11) is 0. The standard InChI is InChI=1S/C22H26N4O4/c1-4-6-8-15(5-2)13-26-20(27)18(12-23)14(3)19(21(26)28)25-24-17-10-7-9-16(11-17)22(29)30/h7,9-11,15,28H,4-6,8,13H2,1-3H3,(H,29,30)/b25-24+. The third-order valence-corrected chi connectivity index (χ3v) is 5.11. The Kier molecular flexibility index (Phi) is 7.87. The third kappa shape index (κ3) is 5.11. The van der Waals surface area contributed by atoms with Crippen molar-refractivity contribution < 1.29 is 15.0 Å². The molecule has 2 rings (SSSR count). The number of carboxylic acid groups (broad SMARTS) is 1. The van der Waals surface area contributed by atoms with Crippen molar-refractivity contribution in [2.75, 3.05) is 0 Å². The van der Waals surface area contributed by atoms with Gasteiger partial charge in [0.05, 0.1) is 11.3 Å². The number of nitriles is 1. The van der Waals surface area contributed by atoms with E-state index in [9.17, 15) is 20.0 Å². The molecule has 158 valence electrons. The van der Waals surface area contributed by atoms with Crippen LogP contribution >= 0.6 is 0 Å². The average Bonchev–Trinajstić information content (AvgIpc) is 2.73. The van der Waals surface area contributed by atoms with Crippen LogP contribution in [0.1, 0.15) is 61.0 Å². The van der Waals surface area contributed by atoms with Crippen LogP contribution in [0.2, 0.25) is 0 Å². The molecule has 2 aromatic rings. The van der Waals surface area contributed by atoms with Gasteiger partial charge in [0.25, 0.3) is 5.56 Å². The summed E-state index contributed by atoms with van der Waals surface area (Å²) < 4.78 is 1.19. The number of hydrogen-bond donors (Lipinski definition) is 2. The molecule has 1 atom stereocenters. The summed E-state index contributed by atoms with van der Waals surface area (Å²) in [5, 5.41) is 37.4. The lowest BCUT2D eigenvalue weighted by atomic mass is 9.99. The lowest BCUT2D eigenvalue weighted by molar-refractivity contribution is 0.0697. The molecular weight excluding hydrogens is 384 g/mol. The molecule has 0 saturated carbocycles. The van der Waals surface area contributed by atoms with Gasteiger partial charge in [-0.1, -0.05) is 39.2 Å². The number of carboxylic acids is 1. The molecule has 1 unspecified atom stereocenters. The van der Waals surface area contributed by atoms with Crippen molar-refractivity contribution in [3.05, 3.63) is 51.3 Å². The molecule has 1 aromatic heterocycles. The molecule has 8 nitrogen and oxygen atoms in total. The number of aromatic hydroxyl groups is 1. The molecule has 1 aromatic carbocycles. The van der Waals surface area contributed by atoms with Gasteiger partial charge in [-0.25, -0.2) is 4.79 Å². The highest BCUT2D eigenvalue weighted by atomic mass is 16.4. The molecule has 2 N–H and O–H groups in total. The molecule has 0 aliphatic heterocycles. The fourth-order valence-electron chi connectivity index (χ4n) is 3.21. The Balaban J connectivity index is 2.52. The van der Waals surface area contributed by atoms with Crippen molar-refractivity contribution in [1.82, 2.24) is 4.57 Å². The molecule has 0 amide bonds. The van der Waals surface area contributed by atoms with Gasteiger partial charge in [0.2, 0.25) is 5.88 Å². The number of nitrogens with zero attached hydrogens (tertiary/aromatic N) is 4. The largest absolute Gasteiger partial charge is 0.493 e. The maximum Gasteiger partial charge on any atom is 0.335 e. The Labute approximate surface area is 175 Å². The van der Waals surface area contributed by atoms with Gasteiger partial charge in [-0.3, -0.25) is 9.36 Å². The molecule has 0 bridgehead atoms. The number of hydrogen-bond acceptors (Lipinski definition) is 6. The Bertz CT molecular complexity index is 1050. The van der Waals surface area contributed by atoms with Gasteiger partial charge >= 0.3 is 5.97 Å². The highest BCUT2D eigenvalue weighted by Gasteiger charge is 2.21. The molecule has 0 radical (unpaired) electrons. The van der Waals surface area contributed by atoms with Crippen LogP contribution < -0.4 is 5.56 Å². The predicted molar refractivity (Wildman–Crippen MR) is 113 cm³/mol. The number of aromatic carboxylic acids is 1. The van der Waals surface area contributed by atoms with E-state index in [1.165, 1.54) is 29.7 Å². The smallest absolute Gasteiger partial charge is 0.335 e. The molecule has 0 spiro atoms. The number of benzene rings is 1. The number of carbonyl (C=O) groups is 1. The van der Waals surface area contributed by atoms with Crippen molar-refractivity contribution in [1.29, 1.82) is 5.26 Å². The molecule has 1 heterocycles. The first-order chi connectivity index (χ1) is 14.3.